The maximum Gasteiger partial charge on any atom is 0.191 e. The lowest BCUT2D eigenvalue weighted by Crippen LogP contribution is -2.37. The van der Waals surface area contributed by atoms with E-state index in [9.17, 15) is 0 Å². The van der Waals surface area contributed by atoms with Crippen molar-refractivity contribution >= 4 is 5.96 Å². The van der Waals surface area contributed by atoms with Gasteiger partial charge in [-0.3, -0.25) is 4.68 Å². The molecule has 0 saturated heterocycles. The van der Waals surface area contributed by atoms with Crippen LogP contribution in [0.4, 0.5) is 0 Å². The van der Waals surface area contributed by atoms with Crippen LogP contribution in [0.2, 0.25) is 0 Å². The summed E-state index contributed by atoms with van der Waals surface area (Å²) in [5, 5.41) is 10.9. The van der Waals surface area contributed by atoms with Crippen molar-refractivity contribution in [2.75, 3.05) is 13.1 Å². The minimum absolute atomic E-state index is 0.661. The Hall–Kier alpha value is -1.52. The number of aromatic nitrogens is 2. The third kappa shape index (κ3) is 5.70. The molecule has 1 saturated carbocycles. The largest absolute Gasteiger partial charge is 0.357 e. The van der Waals surface area contributed by atoms with Crippen molar-refractivity contribution in [1.82, 2.24) is 20.4 Å². The van der Waals surface area contributed by atoms with Crippen LogP contribution < -0.4 is 10.6 Å². The second-order valence-electron chi connectivity index (χ2n) is 6.21. The fraction of sp³-hybridized carbons (Fsp3) is 0.765. The number of aliphatic imine (C=N–C) groups is 1. The number of rotatable bonds is 7. The number of hydrogen-bond acceptors (Lipinski definition) is 2. The van der Waals surface area contributed by atoms with Gasteiger partial charge in [-0.2, -0.15) is 5.10 Å². The molecular formula is C17H31N5. The van der Waals surface area contributed by atoms with E-state index in [4.69, 9.17) is 0 Å². The molecule has 2 N–H and O–H groups in total. The molecular weight excluding hydrogens is 274 g/mol. The van der Waals surface area contributed by atoms with Crippen molar-refractivity contribution in [3.8, 4) is 0 Å². The van der Waals surface area contributed by atoms with Gasteiger partial charge in [0.25, 0.3) is 0 Å². The number of nitrogens with one attached hydrogen (secondary N) is 2. The highest BCUT2D eigenvalue weighted by Gasteiger charge is 2.12. The lowest BCUT2D eigenvalue weighted by Gasteiger charge is -2.21. The molecule has 1 aliphatic carbocycles. The quantitative estimate of drug-likeness (QED) is 0.463. The normalized spacial score (nSPS) is 16.7. The first kappa shape index (κ1) is 16.8. The first-order chi connectivity index (χ1) is 10.8. The molecule has 0 amide bonds. The Morgan fingerprint density at radius 3 is 2.82 bits per heavy atom. The number of guanidine groups is 1. The van der Waals surface area contributed by atoms with Gasteiger partial charge in [0.1, 0.15) is 0 Å². The Bertz CT molecular complexity index is 446. The standard InChI is InChI=1S/C17H31N5/c1-3-18-17(20-14-16-11-13-21-22(16)2)19-12-7-10-15-8-5-4-6-9-15/h11,13,15H,3-10,12,14H2,1-2H3,(H2,18,19,20). The van der Waals surface area contributed by atoms with Crippen molar-refractivity contribution in [2.24, 2.45) is 18.0 Å². The third-order valence-electron chi connectivity index (χ3n) is 4.47. The summed E-state index contributed by atoms with van der Waals surface area (Å²) in [6.07, 6.45) is 11.6. The fourth-order valence-corrected chi connectivity index (χ4v) is 3.13. The molecule has 22 heavy (non-hydrogen) atoms. The van der Waals surface area contributed by atoms with Crippen LogP contribution in [0.5, 0.6) is 0 Å². The van der Waals surface area contributed by atoms with E-state index >= 15 is 0 Å². The van der Waals surface area contributed by atoms with E-state index in [0.717, 1.165) is 30.7 Å². The SMILES string of the molecule is CCNC(=NCc1ccnn1C)NCCCC1CCCCC1. The van der Waals surface area contributed by atoms with Gasteiger partial charge < -0.3 is 10.6 Å². The van der Waals surface area contributed by atoms with Crippen LogP contribution in [0.15, 0.2) is 17.3 Å². The molecule has 5 nitrogen and oxygen atoms in total. The molecule has 0 radical (unpaired) electrons. The summed E-state index contributed by atoms with van der Waals surface area (Å²) < 4.78 is 1.87. The van der Waals surface area contributed by atoms with Crippen LogP contribution in [-0.4, -0.2) is 28.8 Å². The average molecular weight is 305 g/mol. The molecule has 1 aromatic heterocycles. The van der Waals surface area contributed by atoms with Gasteiger partial charge in [-0.1, -0.05) is 32.1 Å². The summed E-state index contributed by atoms with van der Waals surface area (Å²) in [5.41, 5.74) is 1.12. The minimum atomic E-state index is 0.661. The molecule has 2 rings (SSSR count). The predicted molar refractivity (Wildman–Crippen MR) is 91.8 cm³/mol. The first-order valence-electron chi connectivity index (χ1n) is 8.78. The molecule has 0 bridgehead atoms. The molecule has 124 valence electrons. The molecule has 1 aliphatic rings. The van der Waals surface area contributed by atoms with E-state index in [1.54, 1.807) is 0 Å². The van der Waals surface area contributed by atoms with Crippen LogP contribution >= 0.6 is 0 Å². The molecule has 1 heterocycles. The van der Waals surface area contributed by atoms with Crippen molar-refractivity contribution in [1.29, 1.82) is 0 Å². The highest BCUT2D eigenvalue weighted by Crippen LogP contribution is 2.26. The summed E-state index contributed by atoms with van der Waals surface area (Å²) in [5.74, 6) is 1.87. The second-order valence-corrected chi connectivity index (χ2v) is 6.21. The smallest absolute Gasteiger partial charge is 0.191 e. The van der Waals surface area contributed by atoms with Gasteiger partial charge >= 0.3 is 0 Å². The van der Waals surface area contributed by atoms with Gasteiger partial charge in [0.2, 0.25) is 0 Å². The molecule has 0 unspecified atom stereocenters. The van der Waals surface area contributed by atoms with Crippen LogP contribution in [0.3, 0.4) is 0 Å². The second kappa shape index (κ2) is 9.49. The Labute approximate surface area is 134 Å². The van der Waals surface area contributed by atoms with Gasteiger partial charge in [0, 0.05) is 26.3 Å². The number of hydrogen-bond donors (Lipinski definition) is 2. The van der Waals surface area contributed by atoms with Crippen LogP contribution in [0.25, 0.3) is 0 Å². The molecule has 1 fully saturated rings. The van der Waals surface area contributed by atoms with Gasteiger partial charge in [-0.25, -0.2) is 4.99 Å². The van der Waals surface area contributed by atoms with E-state index in [1.165, 1.54) is 44.9 Å². The summed E-state index contributed by atoms with van der Waals surface area (Å²) in [4.78, 5) is 4.63. The lowest BCUT2D eigenvalue weighted by molar-refractivity contribution is 0.332. The Morgan fingerprint density at radius 2 is 2.14 bits per heavy atom. The van der Waals surface area contributed by atoms with Gasteiger partial charge in [0.05, 0.1) is 12.2 Å². The van der Waals surface area contributed by atoms with Crippen LogP contribution in [-0.2, 0) is 13.6 Å². The average Bonchev–Trinajstić information content (AvgIpc) is 2.95. The predicted octanol–water partition coefficient (Wildman–Crippen LogP) is 2.84. The maximum atomic E-state index is 4.63. The van der Waals surface area contributed by atoms with Gasteiger partial charge in [-0.15, -0.1) is 0 Å². The summed E-state index contributed by atoms with van der Waals surface area (Å²) >= 11 is 0. The topological polar surface area (TPSA) is 54.2 Å². The van der Waals surface area contributed by atoms with Crippen molar-refractivity contribution in [3.63, 3.8) is 0 Å². The lowest BCUT2D eigenvalue weighted by atomic mass is 9.86. The highest BCUT2D eigenvalue weighted by molar-refractivity contribution is 5.79. The Morgan fingerprint density at radius 1 is 1.32 bits per heavy atom. The minimum Gasteiger partial charge on any atom is -0.357 e. The zero-order chi connectivity index (χ0) is 15.6. The molecule has 0 aliphatic heterocycles. The van der Waals surface area contributed by atoms with Crippen molar-refractivity contribution in [3.05, 3.63) is 18.0 Å². The molecule has 0 aromatic carbocycles. The summed E-state index contributed by atoms with van der Waals surface area (Å²) in [6, 6.07) is 2.01. The number of nitrogens with zero attached hydrogens (tertiary/aromatic N) is 3. The monoisotopic (exact) mass is 305 g/mol. The Balaban J connectivity index is 1.70. The van der Waals surface area contributed by atoms with E-state index in [0.29, 0.717) is 6.54 Å². The van der Waals surface area contributed by atoms with E-state index < -0.39 is 0 Å². The fourth-order valence-electron chi connectivity index (χ4n) is 3.13. The van der Waals surface area contributed by atoms with Gasteiger partial charge in [0.15, 0.2) is 5.96 Å². The zero-order valence-electron chi connectivity index (χ0n) is 14.1. The molecule has 0 spiro atoms. The zero-order valence-corrected chi connectivity index (χ0v) is 14.1. The highest BCUT2D eigenvalue weighted by atomic mass is 15.3. The maximum absolute atomic E-state index is 4.63. The molecule has 0 atom stereocenters. The number of aryl methyl sites for hydroxylation is 1. The first-order valence-corrected chi connectivity index (χ1v) is 8.78. The Kier molecular flexibility index (Phi) is 7.26. The molecule has 5 heteroatoms. The van der Waals surface area contributed by atoms with Crippen LogP contribution in [0.1, 0.15) is 57.6 Å². The van der Waals surface area contributed by atoms with E-state index in [1.807, 2.05) is 24.0 Å². The van der Waals surface area contributed by atoms with Crippen LogP contribution in [0, 0.1) is 5.92 Å². The van der Waals surface area contributed by atoms with Crippen molar-refractivity contribution in [2.45, 2.75) is 58.4 Å². The summed E-state index contributed by atoms with van der Waals surface area (Å²) in [6.45, 7) is 4.66. The van der Waals surface area contributed by atoms with E-state index in [2.05, 4.69) is 27.6 Å². The van der Waals surface area contributed by atoms with E-state index in [-0.39, 0.29) is 0 Å². The molecule has 1 aromatic rings. The summed E-state index contributed by atoms with van der Waals surface area (Å²) in [7, 11) is 1.95. The van der Waals surface area contributed by atoms with Gasteiger partial charge in [-0.05, 0) is 31.7 Å². The van der Waals surface area contributed by atoms with Crippen molar-refractivity contribution < 1.29 is 0 Å². The third-order valence-corrected chi connectivity index (χ3v) is 4.47.